The first-order chi connectivity index (χ1) is 12.5. The summed E-state index contributed by atoms with van der Waals surface area (Å²) in [5.41, 5.74) is 1.04. The molecule has 2 N–H and O–H groups in total. The summed E-state index contributed by atoms with van der Waals surface area (Å²) < 4.78 is 14.1. The molecule has 0 bridgehead atoms. The summed E-state index contributed by atoms with van der Waals surface area (Å²) in [6, 6.07) is 11.8. The molecule has 0 fully saturated rings. The van der Waals surface area contributed by atoms with Crippen molar-refractivity contribution in [3.63, 3.8) is 0 Å². The highest BCUT2D eigenvalue weighted by Crippen LogP contribution is 2.37. The number of rotatable bonds is 4. The Labute approximate surface area is 148 Å². The molecule has 1 amide bonds. The molecule has 132 valence electrons. The van der Waals surface area contributed by atoms with Crippen LogP contribution >= 0.6 is 0 Å². The number of carboxylic acid groups (broad SMARTS) is 1. The molecule has 0 aromatic heterocycles. The highest BCUT2D eigenvalue weighted by Gasteiger charge is 2.34. The van der Waals surface area contributed by atoms with Crippen LogP contribution < -0.4 is 0 Å². The molecule has 1 atom stereocenters. The maximum absolute atomic E-state index is 14.1. The largest absolute Gasteiger partial charge is 0.508 e. The highest BCUT2D eigenvalue weighted by atomic mass is 19.1. The Kier molecular flexibility index (Phi) is 4.79. The third kappa shape index (κ3) is 3.46. The summed E-state index contributed by atoms with van der Waals surface area (Å²) in [5.74, 6) is -2.44. The number of carboxylic acids is 1. The van der Waals surface area contributed by atoms with Crippen LogP contribution in [0.1, 0.15) is 23.6 Å². The van der Waals surface area contributed by atoms with Crippen LogP contribution in [0.3, 0.4) is 0 Å². The summed E-state index contributed by atoms with van der Waals surface area (Å²) in [6.45, 7) is 0. The van der Waals surface area contributed by atoms with Gasteiger partial charge in [-0.05, 0) is 12.1 Å². The van der Waals surface area contributed by atoms with E-state index in [1.165, 1.54) is 12.1 Å². The smallest absolute Gasteiger partial charge is 0.328 e. The van der Waals surface area contributed by atoms with E-state index in [1.54, 1.807) is 36.4 Å². The Morgan fingerprint density at radius 2 is 1.81 bits per heavy atom. The van der Waals surface area contributed by atoms with E-state index in [0.29, 0.717) is 17.4 Å². The van der Waals surface area contributed by atoms with Gasteiger partial charge in [0.2, 0.25) is 0 Å². The Balaban J connectivity index is 2.01. The second kappa shape index (κ2) is 7.18. The van der Waals surface area contributed by atoms with Gasteiger partial charge in [-0.2, -0.15) is 5.10 Å². The number of amides is 1. The quantitative estimate of drug-likeness (QED) is 0.826. The number of halogens is 1. The fourth-order valence-corrected chi connectivity index (χ4v) is 2.80. The average Bonchev–Trinajstić information content (AvgIpc) is 3.05. The van der Waals surface area contributed by atoms with Crippen LogP contribution in [0.25, 0.3) is 0 Å². The molecule has 1 aliphatic heterocycles. The van der Waals surface area contributed by atoms with Crippen molar-refractivity contribution in [3.05, 3.63) is 77.6 Å². The van der Waals surface area contributed by atoms with Crippen molar-refractivity contribution < 1.29 is 24.2 Å². The van der Waals surface area contributed by atoms with E-state index < -0.39 is 23.7 Å². The van der Waals surface area contributed by atoms with Crippen molar-refractivity contribution >= 4 is 17.6 Å². The second-order valence-corrected chi connectivity index (χ2v) is 5.66. The van der Waals surface area contributed by atoms with Crippen LogP contribution in [0.5, 0.6) is 5.75 Å². The zero-order valence-corrected chi connectivity index (χ0v) is 13.5. The first-order valence-electron chi connectivity index (χ1n) is 7.82. The third-order valence-corrected chi connectivity index (χ3v) is 3.99. The Morgan fingerprint density at radius 3 is 2.50 bits per heavy atom. The van der Waals surface area contributed by atoms with Gasteiger partial charge in [0.1, 0.15) is 11.6 Å². The molecule has 7 heteroatoms. The van der Waals surface area contributed by atoms with Gasteiger partial charge in [-0.1, -0.05) is 36.4 Å². The number of aliphatic carboxylic acids is 1. The van der Waals surface area contributed by atoms with E-state index in [4.69, 9.17) is 5.11 Å². The molecule has 0 spiro atoms. The monoisotopic (exact) mass is 354 g/mol. The van der Waals surface area contributed by atoms with Gasteiger partial charge >= 0.3 is 5.97 Å². The molecule has 1 heterocycles. The van der Waals surface area contributed by atoms with E-state index in [2.05, 4.69) is 5.10 Å². The number of para-hydroxylation sites is 1. The minimum atomic E-state index is -1.27. The molecule has 2 aromatic rings. The van der Waals surface area contributed by atoms with Crippen molar-refractivity contribution in [3.8, 4) is 5.75 Å². The van der Waals surface area contributed by atoms with Crippen LogP contribution in [0.15, 0.2) is 65.8 Å². The van der Waals surface area contributed by atoms with E-state index in [-0.39, 0.29) is 17.7 Å². The fraction of sp³-hybridized carbons (Fsp3) is 0.105. The van der Waals surface area contributed by atoms with Gasteiger partial charge in [-0.15, -0.1) is 0 Å². The van der Waals surface area contributed by atoms with Crippen molar-refractivity contribution in [1.82, 2.24) is 5.01 Å². The number of hydrogen-bond donors (Lipinski definition) is 2. The van der Waals surface area contributed by atoms with Crippen molar-refractivity contribution in [2.45, 2.75) is 12.5 Å². The lowest BCUT2D eigenvalue weighted by molar-refractivity contribution is -0.132. The fourth-order valence-electron chi connectivity index (χ4n) is 2.80. The molecule has 0 saturated carbocycles. The SMILES string of the molecule is O=C(O)/C=C\C(=O)N1N=C(c2ccccc2F)C[C@H]1c1ccccc1O. The number of carbonyl (C=O) groups excluding carboxylic acids is 1. The number of hydrogen-bond acceptors (Lipinski definition) is 4. The summed E-state index contributed by atoms with van der Waals surface area (Å²) in [7, 11) is 0. The molecule has 26 heavy (non-hydrogen) atoms. The van der Waals surface area contributed by atoms with Gasteiger partial charge in [0, 0.05) is 29.7 Å². The summed E-state index contributed by atoms with van der Waals surface area (Å²) in [4.78, 5) is 23.1. The minimum absolute atomic E-state index is 0.0255. The average molecular weight is 354 g/mol. The first-order valence-corrected chi connectivity index (χ1v) is 7.82. The number of hydrazone groups is 1. The van der Waals surface area contributed by atoms with Gasteiger partial charge in [0.15, 0.2) is 0 Å². The van der Waals surface area contributed by atoms with E-state index in [9.17, 15) is 19.1 Å². The highest BCUT2D eigenvalue weighted by molar-refractivity contribution is 6.04. The normalized spacial score (nSPS) is 16.7. The lowest BCUT2D eigenvalue weighted by Crippen LogP contribution is -2.25. The van der Waals surface area contributed by atoms with Crippen LogP contribution in [0.4, 0.5) is 4.39 Å². The Morgan fingerprint density at radius 1 is 1.12 bits per heavy atom. The Hall–Kier alpha value is -3.48. The summed E-state index contributed by atoms with van der Waals surface area (Å²) in [5, 5.41) is 24.1. The van der Waals surface area contributed by atoms with Crippen LogP contribution in [0.2, 0.25) is 0 Å². The number of carbonyl (C=O) groups is 2. The predicted octanol–water partition coefficient (Wildman–Crippen LogP) is 2.85. The standard InChI is InChI=1S/C19H15FN2O4/c20-14-7-3-1-5-12(14)15-11-16(13-6-2-4-8-17(13)23)22(21-15)18(24)9-10-19(25)26/h1-10,16,23H,11H2,(H,25,26)/b10-9-/t16-/m0/s1. The summed E-state index contributed by atoms with van der Waals surface area (Å²) in [6.07, 6.45) is 1.77. The van der Waals surface area contributed by atoms with Crippen LogP contribution in [-0.4, -0.2) is 32.8 Å². The van der Waals surface area contributed by atoms with Gasteiger partial charge in [-0.3, -0.25) is 4.79 Å². The molecular weight excluding hydrogens is 339 g/mol. The molecule has 0 aliphatic carbocycles. The molecular formula is C19H15FN2O4. The van der Waals surface area contributed by atoms with Crippen molar-refractivity contribution in [2.75, 3.05) is 0 Å². The van der Waals surface area contributed by atoms with Crippen LogP contribution in [-0.2, 0) is 9.59 Å². The molecule has 1 aliphatic rings. The summed E-state index contributed by atoms with van der Waals surface area (Å²) >= 11 is 0. The first kappa shape index (κ1) is 17.3. The number of nitrogens with zero attached hydrogens (tertiary/aromatic N) is 2. The zero-order valence-electron chi connectivity index (χ0n) is 13.5. The van der Waals surface area contributed by atoms with Gasteiger partial charge in [0.05, 0.1) is 11.8 Å². The number of phenolic OH excluding ortho intramolecular Hbond substituents is 1. The third-order valence-electron chi connectivity index (χ3n) is 3.99. The molecule has 0 unspecified atom stereocenters. The molecule has 0 saturated heterocycles. The second-order valence-electron chi connectivity index (χ2n) is 5.66. The van der Waals surface area contributed by atoms with Gasteiger partial charge in [-0.25, -0.2) is 14.2 Å². The lowest BCUT2D eigenvalue weighted by atomic mass is 9.97. The zero-order chi connectivity index (χ0) is 18.7. The maximum Gasteiger partial charge on any atom is 0.328 e. The van der Waals surface area contributed by atoms with E-state index in [0.717, 1.165) is 11.1 Å². The number of phenols is 1. The molecule has 3 rings (SSSR count). The maximum atomic E-state index is 14.1. The molecule has 0 radical (unpaired) electrons. The minimum Gasteiger partial charge on any atom is -0.508 e. The van der Waals surface area contributed by atoms with E-state index in [1.807, 2.05) is 0 Å². The topological polar surface area (TPSA) is 90.2 Å². The Bertz CT molecular complexity index is 923. The van der Waals surface area contributed by atoms with Crippen LogP contribution in [0, 0.1) is 5.82 Å². The predicted molar refractivity (Wildman–Crippen MR) is 92.0 cm³/mol. The van der Waals surface area contributed by atoms with Gasteiger partial charge in [0.25, 0.3) is 5.91 Å². The lowest BCUT2D eigenvalue weighted by Gasteiger charge is -2.21. The van der Waals surface area contributed by atoms with Gasteiger partial charge < -0.3 is 10.2 Å². The molecule has 2 aromatic carbocycles. The molecule has 6 nitrogen and oxygen atoms in total. The van der Waals surface area contributed by atoms with Crippen molar-refractivity contribution in [1.29, 1.82) is 0 Å². The number of aromatic hydroxyl groups is 1. The number of benzene rings is 2. The van der Waals surface area contributed by atoms with Crippen molar-refractivity contribution in [2.24, 2.45) is 5.10 Å². The van der Waals surface area contributed by atoms with E-state index >= 15 is 0 Å².